The van der Waals surface area contributed by atoms with Gasteiger partial charge >= 0.3 is 6.03 Å². The molecule has 0 atom stereocenters. The predicted octanol–water partition coefficient (Wildman–Crippen LogP) is -1.33. The maximum absolute atomic E-state index is 10.5. The first-order valence-corrected chi connectivity index (χ1v) is 2.73. The van der Waals surface area contributed by atoms with Crippen molar-refractivity contribution < 1.29 is 9.59 Å². The maximum Gasteiger partial charge on any atom is 0.316 e. The molecule has 1 aliphatic heterocycles. The summed E-state index contributed by atoms with van der Waals surface area (Å²) in [5, 5.41) is 4.76. The summed E-state index contributed by atoms with van der Waals surface area (Å²) < 4.78 is 0. The predicted molar refractivity (Wildman–Crippen MR) is 33.8 cm³/mol. The zero-order valence-electron chi connectivity index (χ0n) is 5.18. The van der Waals surface area contributed by atoms with E-state index >= 15 is 0 Å². The van der Waals surface area contributed by atoms with E-state index in [0.29, 0.717) is 12.2 Å². The quantitative estimate of drug-likeness (QED) is 0.422. The van der Waals surface area contributed by atoms with Gasteiger partial charge in [-0.1, -0.05) is 0 Å². The Bertz CT molecular complexity index is 209. The van der Waals surface area contributed by atoms with E-state index in [1.54, 1.807) is 0 Å². The highest BCUT2D eigenvalue weighted by molar-refractivity contribution is 5.92. The lowest BCUT2D eigenvalue weighted by Gasteiger charge is -1.98. The van der Waals surface area contributed by atoms with Crippen LogP contribution in [0.1, 0.15) is 0 Å². The number of primary amides is 1. The Kier molecular flexibility index (Phi) is 1.57. The Hall–Kier alpha value is -1.52. The molecule has 0 saturated carbocycles. The van der Waals surface area contributed by atoms with Crippen LogP contribution in [-0.2, 0) is 4.79 Å². The van der Waals surface area contributed by atoms with Crippen molar-refractivity contribution in [2.24, 2.45) is 5.73 Å². The molecular weight excluding hydrogens is 134 g/mol. The zero-order chi connectivity index (χ0) is 7.56. The number of hydrogen-bond donors (Lipinski definition) is 3. The van der Waals surface area contributed by atoms with E-state index in [4.69, 9.17) is 5.73 Å². The van der Waals surface area contributed by atoms with Gasteiger partial charge in [-0.2, -0.15) is 0 Å². The molecule has 10 heavy (non-hydrogen) atoms. The summed E-state index contributed by atoms with van der Waals surface area (Å²) >= 11 is 0. The standard InChI is InChI=1S/C5H7N3O2/c6-5(10)8-3-1-4(9)7-2-3/h1H,2H2,(H,7,9)(H3,6,8,10). The first-order chi connectivity index (χ1) is 4.68. The van der Waals surface area contributed by atoms with Crippen molar-refractivity contribution in [2.45, 2.75) is 0 Å². The second-order valence-corrected chi connectivity index (χ2v) is 1.88. The minimum absolute atomic E-state index is 0.205. The molecule has 0 unspecified atom stereocenters. The number of carbonyl (C=O) groups is 2. The fraction of sp³-hybridized carbons (Fsp3) is 0.200. The van der Waals surface area contributed by atoms with Crippen LogP contribution in [0.2, 0.25) is 0 Å². The van der Waals surface area contributed by atoms with E-state index in [9.17, 15) is 9.59 Å². The van der Waals surface area contributed by atoms with E-state index in [1.807, 2.05) is 0 Å². The van der Waals surface area contributed by atoms with Crippen molar-refractivity contribution in [3.63, 3.8) is 0 Å². The molecule has 0 spiro atoms. The number of amides is 3. The van der Waals surface area contributed by atoms with Crippen LogP contribution in [0.4, 0.5) is 4.79 Å². The molecule has 54 valence electrons. The minimum Gasteiger partial charge on any atom is -0.351 e. The summed E-state index contributed by atoms with van der Waals surface area (Å²) in [6.07, 6.45) is 1.30. The molecule has 0 fully saturated rings. The van der Waals surface area contributed by atoms with Crippen LogP contribution in [0.5, 0.6) is 0 Å². The SMILES string of the molecule is NC(=O)NC1=CC(=O)NC1. The molecule has 0 radical (unpaired) electrons. The Morgan fingerprint density at radius 3 is 2.90 bits per heavy atom. The largest absolute Gasteiger partial charge is 0.351 e. The van der Waals surface area contributed by atoms with Crippen LogP contribution < -0.4 is 16.4 Å². The first kappa shape index (κ1) is 6.60. The summed E-state index contributed by atoms with van der Waals surface area (Å²) in [5.74, 6) is -0.205. The van der Waals surface area contributed by atoms with Crippen LogP contribution in [0, 0.1) is 0 Å². The van der Waals surface area contributed by atoms with Gasteiger partial charge in [-0.05, 0) is 0 Å². The molecule has 1 aliphatic rings. The summed E-state index contributed by atoms with van der Waals surface area (Å²) in [7, 11) is 0. The minimum atomic E-state index is -0.650. The van der Waals surface area contributed by atoms with Gasteiger partial charge in [-0.3, -0.25) is 4.79 Å². The molecule has 0 aliphatic carbocycles. The van der Waals surface area contributed by atoms with Gasteiger partial charge in [0.05, 0.1) is 6.54 Å². The van der Waals surface area contributed by atoms with E-state index in [2.05, 4.69) is 10.6 Å². The second kappa shape index (κ2) is 2.38. The molecule has 1 heterocycles. The highest BCUT2D eigenvalue weighted by Crippen LogP contribution is 1.93. The lowest BCUT2D eigenvalue weighted by Crippen LogP contribution is -2.30. The smallest absolute Gasteiger partial charge is 0.316 e. The monoisotopic (exact) mass is 141 g/mol. The van der Waals surface area contributed by atoms with Gasteiger partial charge in [0.15, 0.2) is 0 Å². The Morgan fingerprint density at radius 2 is 2.50 bits per heavy atom. The second-order valence-electron chi connectivity index (χ2n) is 1.88. The lowest BCUT2D eigenvalue weighted by molar-refractivity contribution is -0.115. The first-order valence-electron chi connectivity index (χ1n) is 2.73. The molecule has 0 aromatic heterocycles. The number of urea groups is 1. The molecule has 0 bridgehead atoms. The molecule has 0 aromatic carbocycles. The van der Waals surface area contributed by atoms with Gasteiger partial charge in [0.25, 0.3) is 0 Å². The van der Waals surface area contributed by atoms with Gasteiger partial charge in [0, 0.05) is 11.8 Å². The highest BCUT2D eigenvalue weighted by Gasteiger charge is 2.10. The summed E-state index contributed by atoms with van der Waals surface area (Å²) in [4.78, 5) is 20.6. The summed E-state index contributed by atoms with van der Waals surface area (Å²) in [5.41, 5.74) is 5.30. The molecular formula is C5H7N3O2. The van der Waals surface area contributed by atoms with E-state index in [-0.39, 0.29) is 5.91 Å². The number of nitrogens with two attached hydrogens (primary N) is 1. The zero-order valence-corrected chi connectivity index (χ0v) is 5.18. The Balaban J connectivity index is 2.50. The summed E-state index contributed by atoms with van der Waals surface area (Å²) in [6.45, 7) is 0.349. The van der Waals surface area contributed by atoms with Gasteiger partial charge in [0.2, 0.25) is 5.91 Å². The highest BCUT2D eigenvalue weighted by atomic mass is 16.2. The topological polar surface area (TPSA) is 84.2 Å². The molecule has 0 saturated heterocycles. The molecule has 5 heteroatoms. The average Bonchev–Trinajstić information content (AvgIpc) is 2.13. The van der Waals surface area contributed by atoms with Gasteiger partial charge in [-0.15, -0.1) is 0 Å². The average molecular weight is 141 g/mol. The molecule has 0 aromatic rings. The van der Waals surface area contributed by atoms with Crippen LogP contribution in [0.3, 0.4) is 0 Å². The van der Waals surface area contributed by atoms with Crippen LogP contribution >= 0.6 is 0 Å². The third kappa shape index (κ3) is 1.48. The van der Waals surface area contributed by atoms with E-state index < -0.39 is 6.03 Å². The fourth-order valence-corrected chi connectivity index (χ4v) is 0.681. The maximum atomic E-state index is 10.5. The summed E-state index contributed by atoms with van der Waals surface area (Å²) in [6, 6.07) is -0.650. The van der Waals surface area contributed by atoms with Gasteiger partial charge in [0.1, 0.15) is 0 Å². The van der Waals surface area contributed by atoms with Crippen molar-refractivity contribution in [2.75, 3.05) is 6.54 Å². The van der Waals surface area contributed by atoms with E-state index in [1.165, 1.54) is 6.08 Å². The van der Waals surface area contributed by atoms with Crippen LogP contribution in [0.25, 0.3) is 0 Å². The van der Waals surface area contributed by atoms with Gasteiger partial charge < -0.3 is 16.4 Å². The molecule has 1 rings (SSSR count). The number of hydrogen-bond acceptors (Lipinski definition) is 2. The van der Waals surface area contributed by atoms with Gasteiger partial charge in [-0.25, -0.2) is 4.79 Å². The van der Waals surface area contributed by atoms with Crippen molar-refractivity contribution in [3.05, 3.63) is 11.8 Å². The van der Waals surface area contributed by atoms with Crippen LogP contribution in [0.15, 0.2) is 11.8 Å². The fourth-order valence-electron chi connectivity index (χ4n) is 0.681. The van der Waals surface area contributed by atoms with Crippen molar-refractivity contribution in [1.29, 1.82) is 0 Å². The van der Waals surface area contributed by atoms with Crippen LogP contribution in [-0.4, -0.2) is 18.5 Å². The van der Waals surface area contributed by atoms with E-state index in [0.717, 1.165) is 0 Å². The normalized spacial score (nSPS) is 16.0. The Labute approximate surface area is 57.3 Å². The molecule has 4 N–H and O–H groups in total. The third-order valence-corrected chi connectivity index (χ3v) is 1.04. The number of carbonyl (C=O) groups excluding carboxylic acids is 2. The molecule has 3 amide bonds. The third-order valence-electron chi connectivity index (χ3n) is 1.04. The van der Waals surface area contributed by atoms with Crippen molar-refractivity contribution in [3.8, 4) is 0 Å². The lowest BCUT2D eigenvalue weighted by atomic mass is 10.4. The number of rotatable bonds is 1. The van der Waals surface area contributed by atoms with Crippen molar-refractivity contribution in [1.82, 2.24) is 10.6 Å². The Morgan fingerprint density at radius 1 is 1.80 bits per heavy atom. The van der Waals surface area contributed by atoms with Crippen molar-refractivity contribution >= 4 is 11.9 Å². The number of nitrogens with one attached hydrogen (secondary N) is 2. The molecule has 5 nitrogen and oxygen atoms in total.